The number of hydrogen-bond acceptors (Lipinski definition) is 4. The number of hydrogen-bond donors (Lipinski definition) is 3. The molecule has 0 saturated carbocycles. The molecule has 28 heavy (non-hydrogen) atoms. The Morgan fingerprint density at radius 1 is 0.857 bits per heavy atom. The molecule has 142 valence electrons. The van der Waals surface area contributed by atoms with Crippen molar-refractivity contribution in [3.63, 3.8) is 0 Å². The van der Waals surface area contributed by atoms with Gasteiger partial charge >= 0.3 is 5.97 Å². The lowest BCUT2D eigenvalue weighted by atomic mass is 10.1. The molecule has 7 heteroatoms. The van der Waals surface area contributed by atoms with Gasteiger partial charge in [-0.25, -0.2) is 4.79 Å². The average molecular weight is 378 g/mol. The predicted octanol–water partition coefficient (Wildman–Crippen LogP) is 2.77. The van der Waals surface area contributed by atoms with Crippen LogP contribution in [0.25, 0.3) is 10.8 Å². The number of ether oxygens (including phenoxy) is 1. The van der Waals surface area contributed by atoms with E-state index in [1.165, 1.54) is 24.3 Å². The number of rotatable bonds is 5. The van der Waals surface area contributed by atoms with Gasteiger partial charge in [0.2, 0.25) is 0 Å². The first kappa shape index (κ1) is 18.9. The van der Waals surface area contributed by atoms with Crippen LogP contribution in [0.5, 0.6) is 5.75 Å². The molecule has 0 aliphatic carbocycles. The Hall–Kier alpha value is -3.87. The number of nitrogens with one attached hydrogen (secondary N) is 2. The van der Waals surface area contributed by atoms with E-state index in [0.29, 0.717) is 5.75 Å². The third-order valence-electron chi connectivity index (χ3n) is 4.10. The summed E-state index contributed by atoms with van der Waals surface area (Å²) in [6.45, 7) is 1.54. The van der Waals surface area contributed by atoms with E-state index in [-0.39, 0.29) is 11.1 Å². The van der Waals surface area contributed by atoms with Gasteiger partial charge in [-0.3, -0.25) is 20.4 Å². The highest BCUT2D eigenvalue weighted by molar-refractivity contribution is 6.05. The molecule has 0 bridgehead atoms. The van der Waals surface area contributed by atoms with Crippen LogP contribution in [0.15, 0.2) is 66.7 Å². The zero-order chi connectivity index (χ0) is 20.1. The lowest BCUT2D eigenvalue weighted by molar-refractivity contribution is -0.128. The summed E-state index contributed by atoms with van der Waals surface area (Å²) < 4.78 is 5.63. The van der Waals surface area contributed by atoms with Crippen LogP contribution in [-0.4, -0.2) is 29.0 Å². The minimum absolute atomic E-state index is 0.0570. The predicted molar refractivity (Wildman–Crippen MR) is 103 cm³/mol. The van der Waals surface area contributed by atoms with Gasteiger partial charge in [0, 0.05) is 0 Å². The second kappa shape index (κ2) is 8.22. The van der Waals surface area contributed by atoms with Crippen molar-refractivity contribution in [3.8, 4) is 5.75 Å². The molecule has 3 aromatic carbocycles. The van der Waals surface area contributed by atoms with E-state index in [2.05, 4.69) is 10.9 Å². The van der Waals surface area contributed by atoms with Crippen LogP contribution in [0.1, 0.15) is 27.6 Å². The summed E-state index contributed by atoms with van der Waals surface area (Å²) in [7, 11) is 0. The maximum absolute atomic E-state index is 12.2. The summed E-state index contributed by atoms with van der Waals surface area (Å²) in [6, 6.07) is 18.9. The highest BCUT2D eigenvalue weighted by atomic mass is 16.5. The number of carboxylic acids is 1. The van der Waals surface area contributed by atoms with Crippen LogP contribution in [0, 0.1) is 0 Å². The van der Waals surface area contributed by atoms with Crippen molar-refractivity contribution < 1.29 is 24.2 Å². The van der Waals surface area contributed by atoms with Gasteiger partial charge in [0.05, 0.1) is 11.1 Å². The SMILES string of the molecule is C[C@H](Oc1ccc2ccccc2c1)C(=O)NNC(=O)c1ccccc1C(=O)O. The van der Waals surface area contributed by atoms with Crippen molar-refractivity contribution in [2.75, 3.05) is 0 Å². The van der Waals surface area contributed by atoms with Gasteiger partial charge in [0.1, 0.15) is 5.75 Å². The molecule has 0 fully saturated rings. The fraction of sp³-hybridized carbons (Fsp3) is 0.0952. The molecule has 7 nitrogen and oxygen atoms in total. The minimum Gasteiger partial charge on any atom is -0.481 e. The van der Waals surface area contributed by atoms with Crippen LogP contribution in [0.4, 0.5) is 0 Å². The fourth-order valence-corrected chi connectivity index (χ4v) is 2.65. The number of hydrazine groups is 1. The second-order valence-corrected chi connectivity index (χ2v) is 6.06. The molecular formula is C21H18N2O5. The van der Waals surface area contributed by atoms with E-state index in [0.717, 1.165) is 10.8 Å². The summed E-state index contributed by atoms with van der Waals surface area (Å²) in [5.41, 5.74) is 4.24. The Balaban J connectivity index is 1.61. The third-order valence-corrected chi connectivity index (χ3v) is 4.10. The number of carbonyl (C=O) groups excluding carboxylic acids is 2. The smallest absolute Gasteiger partial charge is 0.336 e. The molecule has 3 N–H and O–H groups in total. The molecule has 0 aromatic heterocycles. The molecule has 2 amide bonds. The van der Waals surface area contributed by atoms with Crippen LogP contribution >= 0.6 is 0 Å². The number of amides is 2. The zero-order valence-corrected chi connectivity index (χ0v) is 15.0. The van der Waals surface area contributed by atoms with E-state index in [9.17, 15) is 14.4 Å². The Morgan fingerprint density at radius 3 is 2.21 bits per heavy atom. The van der Waals surface area contributed by atoms with Crippen molar-refractivity contribution in [3.05, 3.63) is 77.9 Å². The Bertz CT molecular complexity index is 1050. The lowest BCUT2D eigenvalue weighted by Crippen LogP contribution is -2.47. The summed E-state index contributed by atoms with van der Waals surface area (Å²) >= 11 is 0. The molecule has 0 aliphatic rings. The van der Waals surface area contributed by atoms with Crippen LogP contribution in [0.2, 0.25) is 0 Å². The average Bonchev–Trinajstić information content (AvgIpc) is 2.71. The molecule has 1 atom stereocenters. The van der Waals surface area contributed by atoms with Crippen LogP contribution in [-0.2, 0) is 4.79 Å². The highest BCUT2D eigenvalue weighted by Gasteiger charge is 2.19. The first-order valence-electron chi connectivity index (χ1n) is 8.53. The molecule has 0 saturated heterocycles. The van der Waals surface area contributed by atoms with E-state index in [4.69, 9.17) is 9.84 Å². The Kier molecular flexibility index (Phi) is 5.55. The van der Waals surface area contributed by atoms with Crippen molar-refractivity contribution in [1.29, 1.82) is 0 Å². The van der Waals surface area contributed by atoms with Gasteiger partial charge in [0.15, 0.2) is 6.10 Å². The third kappa shape index (κ3) is 4.27. The molecule has 0 spiro atoms. The number of benzene rings is 3. The number of carboxylic acid groups (broad SMARTS) is 1. The largest absolute Gasteiger partial charge is 0.481 e. The van der Waals surface area contributed by atoms with E-state index in [1.54, 1.807) is 13.0 Å². The van der Waals surface area contributed by atoms with Gasteiger partial charge in [-0.15, -0.1) is 0 Å². The zero-order valence-electron chi connectivity index (χ0n) is 15.0. The summed E-state index contributed by atoms with van der Waals surface area (Å²) in [4.78, 5) is 35.6. The quantitative estimate of drug-likeness (QED) is 0.592. The molecule has 0 radical (unpaired) electrons. The summed E-state index contributed by atoms with van der Waals surface area (Å²) in [5.74, 6) is -2.02. The standard InChI is InChI=1S/C21H18N2O5/c1-13(28-16-11-10-14-6-2-3-7-15(14)12-16)19(24)22-23-20(25)17-8-4-5-9-18(17)21(26)27/h2-13H,1H3,(H,22,24)(H,23,25)(H,26,27)/t13-/m0/s1. The van der Waals surface area contributed by atoms with E-state index < -0.39 is 23.9 Å². The molecule has 0 unspecified atom stereocenters. The first-order chi connectivity index (χ1) is 13.5. The monoisotopic (exact) mass is 378 g/mol. The van der Waals surface area contributed by atoms with Gasteiger partial charge in [-0.05, 0) is 42.0 Å². The maximum Gasteiger partial charge on any atom is 0.336 e. The number of aromatic carboxylic acids is 1. The van der Waals surface area contributed by atoms with Gasteiger partial charge in [0.25, 0.3) is 11.8 Å². The van der Waals surface area contributed by atoms with Crippen molar-refractivity contribution >= 4 is 28.6 Å². The number of fused-ring (bicyclic) bond motifs is 1. The first-order valence-corrected chi connectivity index (χ1v) is 8.53. The molecule has 0 aliphatic heterocycles. The second-order valence-electron chi connectivity index (χ2n) is 6.06. The topological polar surface area (TPSA) is 105 Å². The molecule has 0 heterocycles. The molecule has 3 rings (SSSR count). The Labute approximate surface area is 160 Å². The van der Waals surface area contributed by atoms with E-state index in [1.807, 2.05) is 36.4 Å². The maximum atomic E-state index is 12.2. The van der Waals surface area contributed by atoms with Crippen molar-refractivity contribution in [2.24, 2.45) is 0 Å². The fourth-order valence-electron chi connectivity index (χ4n) is 2.65. The lowest BCUT2D eigenvalue weighted by Gasteiger charge is -2.16. The normalized spacial score (nSPS) is 11.5. The highest BCUT2D eigenvalue weighted by Crippen LogP contribution is 2.21. The Morgan fingerprint density at radius 2 is 1.50 bits per heavy atom. The van der Waals surface area contributed by atoms with Gasteiger partial charge in [-0.1, -0.05) is 42.5 Å². The van der Waals surface area contributed by atoms with Crippen molar-refractivity contribution in [2.45, 2.75) is 13.0 Å². The summed E-state index contributed by atoms with van der Waals surface area (Å²) in [5, 5.41) is 11.2. The number of carbonyl (C=O) groups is 3. The van der Waals surface area contributed by atoms with Gasteiger partial charge in [-0.2, -0.15) is 0 Å². The van der Waals surface area contributed by atoms with Crippen molar-refractivity contribution in [1.82, 2.24) is 10.9 Å². The van der Waals surface area contributed by atoms with Crippen LogP contribution in [0.3, 0.4) is 0 Å². The van der Waals surface area contributed by atoms with E-state index >= 15 is 0 Å². The minimum atomic E-state index is -1.23. The van der Waals surface area contributed by atoms with Crippen LogP contribution < -0.4 is 15.6 Å². The summed E-state index contributed by atoms with van der Waals surface area (Å²) in [6.07, 6.45) is -0.879. The molecular weight excluding hydrogens is 360 g/mol. The molecule has 3 aromatic rings. The van der Waals surface area contributed by atoms with Gasteiger partial charge < -0.3 is 9.84 Å².